The minimum atomic E-state index is -1.64. The molecule has 19 nitrogen and oxygen atoms in total. The van der Waals surface area contributed by atoms with Crippen molar-refractivity contribution in [3.63, 3.8) is 0 Å². The van der Waals surface area contributed by atoms with Crippen LogP contribution < -0.4 is 34.0 Å². The Labute approximate surface area is 260 Å². The van der Waals surface area contributed by atoms with Gasteiger partial charge in [0.25, 0.3) is 0 Å². The number of carbonyl (C=O) groups is 1. The molecular formula is C26H52N6O13. The third-order valence-electron chi connectivity index (χ3n) is 8.69. The summed E-state index contributed by atoms with van der Waals surface area (Å²) < 4.78 is 23.3. The summed E-state index contributed by atoms with van der Waals surface area (Å²) in [5.41, 5.74) is 29.3. The molecule has 2 unspecified atom stereocenters. The Morgan fingerprint density at radius 2 is 1.49 bits per heavy atom. The number of ether oxygens (including phenoxy) is 4. The molecule has 0 bridgehead atoms. The fourth-order valence-electron chi connectivity index (χ4n) is 5.90. The Morgan fingerprint density at radius 3 is 2.11 bits per heavy atom. The van der Waals surface area contributed by atoms with E-state index in [1.165, 1.54) is 0 Å². The molecule has 1 saturated carbocycles. The van der Waals surface area contributed by atoms with Gasteiger partial charge in [-0.25, -0.2) is 0 Å². The van der Waals surface area contributed by atoms with E-state index >= 15 is 0 Å². The molecule has 2 heterocycles. The summed E-state index contributed by atoms with van der Waals surface area (Å²) in [6, 6.07) is -3.55. The van der Waals surface area contributed by atoms with Gasteiger partial charge >= 0.3 is 0 Å². The lowest BCUT2D eigenvalue weighted by Gasteiger charge is -2.49. The van der Waals surface area contributed by atoms with Gasteiger partial charge in [0.15, 0.2) is 18.4 Å². The van der Waals surface area contributed by atoms with E-state index in [1.807, 2.05) is 0 Å². The number of aliphatic hydroxyl groups excluding tert-OH is 8. The second kappa shape index (κ2) is 17.4. The largest absolute Gasteiger partial charge is 0.394 e. The molecule has 17 atom stereocenters. The minimum Gasteiger partial charge on any atom is -0.394 e. The summed E-state index contributed by atoms with van der Waals surface area (Å²) in [6.07, 6.45) is -17.8. The molecule has 19 N–H and O–H groups in total. The number of rotatable bonds is 15. The van der Waals surface area contributed by atoms with Gasteiger partial charge in [0, 0.05) is 32.1 Å². The zero-order chi connectivity index (χ0) is 33.6. The average Bonchev–Trinajstić information content (AvgIpc) is 3.01. The van der Waals surface area contributed by atoms with E-state index in [2.05, 4.69) is 5.32 Å². The first-order chi connectivity index (χ1) is 21.2. The quantitative estimate of drug-likeness (QED) is 0.0777. The van der Waals surface area contributed by atoms with Crippen LogP contribution in [0.15, 0.2) is 0 Å². The molecular weight excluding hydrogens is 604 g/mol. The van der Waals surface area contributed by atoms with Crippen LogP contribution in [0.5, 0.6) is 0 Å². The zero-order valence-corrected chi connectivity index (χ0v) is 25.0. The van der Waals surface area contributed by atoms with Gasteiger partial charge in [-0.3, -0.25) is 4.79 Å². The van der Waals surface area contributed by atoms with Crippen molar-refractivity contribution in [1.29, 1.82) is 0 Å². The lowest BCUT2D eigenvalue weighted by atomic mass is 9.76. The molecule has 264 valence electrons. The number of hydrogen-bond donors (Lipinski definition) is 14. The van der Waals surface area contributed by atoms with Gasteiger partial charge in [-0.15, -0.1) is 0 Å². The first-order valence-corrected chi connectivity index (χ1v) is 15.1. The first-order valence-electron chi connectivity index (χ1n) is 15.1. The lowest BCUT2D eigenvalue weighted by Crippen LogP contribution is -2.68. The third kappa shape index (κ3) is 9.31. The van der Waals surface area contributed by atoms with Crippen molar-refractivity contribution in [3.05, 3.63) is 0 Å². The molecule has 19 heteroatoms. The van der Waals surface area contributed by atoms with Crippen molar-refractivity contribution in [2.45, 2.75) is 117 Å². The molecule has 2 aliphatic heterocycles. The molecule has 3 fully saturated rings. The second-order valence-corrected chi connectivity index (χ2v) is 12.0. The van der Waals surface area contributed by atoms with E-state index in [0.717, 1.165) is 0 Å². The topological polar surface area (TPSA) is 358 Å². The molecule has 0 aromatic heterocycles. The number of carbonyl (C=O) groups excluding carboxylic acids is 1. The lowest BCUT2D eigenvalue weighted by molar-refractivity contribution is -0.323. The SMILES string of the molecule is NCCC(O)CNC[C@H]1O[C@H](OC2[C@@H](N)C[C@@H](CC(=O)[C@@H](O)CN)[C@H](O[C@H]3O[C@H](CO)[C@@H](O)[C@H](N)[C@H]3O)[C@H]2O)[C@H](N)[C@@H](O)[C@@H]1O. The van der Waals surface area contributed by atoms with Crippen LogP contribution >= 0.6 is 0 Å². The van der Waals surface area contributed by atoms with Gasteiger partial charge in [-0.05, 0) is 25.3 Å². The standard InChI is InChI=1S/C26H52N6O13/c27-2-1-10(34)6-32-7-14-19(38)20(39)17(31)25(42-14)45-24-11(29)3-9(4-12(35)13(36)5-28)23(22(24)41)44-26-21(40)16(30)18(37)15(8-33)43-26/h9-11,13-26,32-34,36-41H,1-8,27-31H2/t9-,10?,11-,13-,14+,15+,16-,17+,18+,19+,20+,21+,22+,23-,24?,25+,26+/m0/s1. The molecule has 0 amide bonds. The van der Waals surface area contributed by atoms with Gasteiger partial charge in [-0.2, -0.15) is 0 Å². The summed E-state index contributed by atoms with van der Waals surface area (Å²) >= 11 is 0. The Balaban J connectivity index is 1.80. The highest BCUT2D eigenvalue weighted by molar-refractivity contribution is 5.83. The van der Waals surface area contributed by atoms with Gasteiger partial charge in [-0.1, -0.05) is 0 Å². The monoisotopic (exact) mass is 656 g/mol. The molecule has 0 aromatic carbocycles. The number of ketones is 1. The number of nitrogens with one attached hydrogen (secondary N) is 1. The molecule has 45 heavy (non-hydrogen) atoms. The van der Waals surface area contributed by atoms with E-state index in [4.69, 9.17) is 47.6 Å². The summed E-state index contributed by atoms with van der Waals surface area (Å²) in [5.74, 6) is -1.51. The van der Waals surface area contributed by atoms with Crippen molar-refractivity contribution < 1.29 is 64.6 Å². The maximum atomic E-state index is 12.6. The molecule has 0 spiro atoms. The predicted octanol–water partition coefficient (Wildman–Crippen LogP) is -8.42. The van der Waals surface area contributed by atoms with Crippen LogP contribution in [0.1, 0.15) is 19.3 Å². The number of hydrogen-bond acceptors (Lipinski definition) is 19. The molecule has 2 saturated heterocycles. The van der Waals surface area contributed by atoms with Crippen molar-refractivity contribution in [2.75, 3.05) is 32.8 Å². The average molecular weight is 657 g/mol. The molecule has 3 aliphatic rings. The van der Waals surface area contributed by atoms with Crippen molar-refractivity contribution >= 4 is 5.78 Å². The van der Waals surface area contributed by atoms with E-state index < -0.39 is 116 Å². The zero-order valence-electron chi connectivity index (χ0n) is 25.0. The summed E-state index contributed by atoms with van der Waals surface area (Å²) in [5, 5.41) is 86.0. The summed E-state index contributed by atoms with van der Waals surface area (Å²) in [4.78, 5) is 12.6. The molecule has 3 rings (SSSR count). The third-order valence-corrected chi connectivity index (χ3v) is 8.69. The van der Waals surface area contributed by atoms with Crippen LogP contribution in [0.3, 0.4) is 0 Å². The van der Waals surface area contributed by atoms with E-state index in [0.29, 0.717) is 6.42 Å². The van der Waals surface area contributed by atoms with E-state index in [-0.39, 0.29) is 39.0 Å². The van der Waals surface area contributed by atoms with Crippen LogP contribution in [0.2, 0.25) is 0 Å². The highest BCUT2D eigenvalue weighted by atomic mass is 16.7. The van der Waals surface area contributed by atoms with Crippen molar-refractivity contribution in [3.8, 4) is 0 Å². The minimum absolute atomic E-state index is 0.0137. The van der Waals surface area contributed by atoms with Crippen molar-refractivity contribution in [2.24, 2.45) is 34.6 Å². The van der Waals surface area contributed by atoms with Crippen LogP contribution in [-0.2, 0) is 23.7 Å². The predicted molar refractivity (Wildman–Crippen MR) is 153 cm³/mol. The van der Waals surface area contributed by atoms with Crippen LogP contribution in [-0.4, -0.2) is 177 Å². The maximum Gasteiger partial charge on any atom is 0.186 e. The Hall–Kier alpha value is -1.05. The van der Waals surface area contributed by atoms with Gasteiger partial charge in [0.2, 0.25) is 0 Å². The van der Waals surface area contributed by atoms with Crippen LogP contribution in [0.4, 0.5) is 0 Å². The Kier molecular flexibility index (Phi) is 14.8. The first kappa shape index (κ1) is 38.4. The fourth-order valence-corrected chi connectivity index (χ4v) is 5.90. The van der Waals surface area contributed by atoms with E-state index in [1.54, 1.807) is 0 Å². The van der Waals surface area contributed by atoms with Gasteiger partial charge in [0.05, 0.1) is 30.9 Å². The number of nitrogens with two attached hydrogens (primary N) is 5. The normalized spacial score (nSPS) is 44.0. The Morgan fingerprint density at radius 1 is 0.844 bits per heavy atom. The summed E-state index contributed by atoms with van der Waals surface area (Å²) in [7, 11) is 0. The van der Waals surface area contributed by atoms with Crippen LogP contribution in [0.25, 0.3) is 0 Å². The second-order valence-electron chi connectivity index (χ2n) is 12.0. The maximum absolute atomic E-state index is 12.6. The molecule has 1 aliphatic carbocycles. The number of Topliss-reactive ketones (excluding diaryl/α,β-unsaturated/α-hetero) is 1. The van der Waals surface area contributed by atoms with Gasteiger partial charge < -0.3 is 93.8 Å². The highest BCUT2D eigenvalue weighted by Gasteiger charge is 2.52. The molecule has 0 radical (unpaired) electrons. The van der Waals surface area contributed by atoms with E-state index in [9.17, 15) is 45.6 Å². The highest BCUT2D eigenvalue weighted by Crippen LogP contribution is 2.36. The molecule has 0 aromatic rings. The number of aliphatic hydroxyl groups is 8. The Bertz CT molecular complexity index is 913. The van der Waals surface area contributed by atoms with Gasteiger partial charge in [0.1, 0.15) is 54.9 Å². The van der Waals surface area contributed by atoms with Crippen LogP contribution in [0, 0.1) is 5.92 Å². The summed E-state index contributed by atoms with van der Waals surface area (Å²) in [6.45, 7) is -0.619. The smallest absolute Gasteiger partial charge is 0.186 e. The van der Waals surface area contributed by atoms with Crippen molar-refractivity contribution in [1.82, 2.24) is 5.32 Å². The fraction of sp³-hybridized carbons (Fsp3) is 0.962.